The van der Waals surface area contributed by atoms with Gasteiger partial charge in [-0.3, -0.25) is 19.7 Å². The van der Waals surface area contributed by atoms with E-state index in [1.165, 1.54) is 7.05 Å². The Morgan fingerprint density at radius 2 is 1.30 bits per heavy atom. The molecule has 1 amide bonds. The molecule has 3 aromatic heterocycles. The molecule has 1 aromatic carbocycles. The number of pyridine rings is 3. The SMILES string of the molecule is CNC(=O)OC(c1ccccn1)c1ccc(-c2ccc(C(OC(=O)C(C)C)c3ccccc3)nc2)cn1. The quantitative estimate of drug-likeness (QED) is 0.331. The minimum atomic E-state index is -0.752. The Hall–Kier alpha value is -4.59. The van der Waals surface area contributed by atoms with E-state index in [0.717, 1.165) is 16.7 Å². The largest absolute Gasteiger partial charge is 0.451 e. The molecule has 0 spiro atoms. The van der Waals surface area contributed by atoms with Crippen LogP contribution in [0.25, 0.3) is 11.1 Å². The molecule has 0 aliphatic carbocycles. The lowest BCUT2D eigenvalue weighted by molar-refractivity contribution is -0.151. The van der Waals surface area contributed by atoms with E-state index < -0.39 is 18.3 Å². The van der Waals surface area contributed by atoms with Gasteiger partial charge in [-0.2, -0.15) is 0 Å². The average Bonchev–Trinajstić information content (AvgIpc) is 2.95. The van der Waals surface area contributed by atoms with E-state index in [1.54, 1.807) is 50.6 Å². The maximum absolute atomic E-state index is 12.4. The van der Waals surface area contributed by atoms with Crippen molar-refractivity contribution in [3.05, 3.63) is 114 Å². The van der Waals surface area contributed by atoms with E-state index in [0.29, 0.717) is 17.1 Å². The van der Waals surface area contributed by atoms with E-state index in [2.05, 4.69) is 20.3 Å². The number of carbonyl (C=O) groups is 2. The van der Waals surface area contributed by atoms with Crippen LogP contribution in [0.15, 0.2) is 91.4 Å². The summed E-state index contributed by atoms with van der Waals surface area (Å²) in [5, 5.41) is 2.46. The summed E-state index contributed by atoms with van der Waals surface area (Å²) in [5.41, 5.74) is 4.26. The molecule has 1 N–H and O–H groups in total. The second-order valence-electron chi connectivity index (χ2n) is 8.62. The van der Waals surface area contributed by atoms with Crippen molar-refractivity contribution in [1.29, 1.82) is 0 Å². The summed E-state index contributed by atoms with van der Waals surface area (Å²) in [6, 6.07) is 22.4. The highest BCUT2D eigenvalue weighted by molar-refractivity contribution is 5.72. The van der Waals surface area contributed by atoms with Crippen molar-refractivity contribution in [2.24, 2.45) is 5.92 Å². The van der Waals surface area contributed by atoms with Crippen LogP contribution in [0.1, 0.15) is 48.7 Å². The Morgan fingerprint density at radius 3 is 1.81 bits per heavy atom. The predicted molar refractivity (Wildman–Crippen MR) is 138 cm³/mol. The Morgan fingerprint density at radius 1 is 0.703 bits per heavy atom. The number of nitrogens with one attached hydrogen (secondary N) is 1. The zero-order valence-corrected chi connectivity index (χ0v) is 20.9. The third-order valence-electron chi connectivity index (χ3n) is 5.64. The van der Waals surface area contributed by atoms with Crippen molar-refractivity contribution in [2.75, 3.05) is 7.05 Å². The Balaban J connectivity index is 1.58. The first-order valence-corrected chi connectivity index (χ1v) is 11.9. The first-order valence-electron chi connectivity index (χ1n) is 11.9. The molecule has 37 heavy (non-hydrogen) atoms. The zero-order valence-electron chi connectivity index (χ0n) is 20.9. The highest BCUT2D eigenvalue weighted by atomic mass is 16.6. The molecule has 4 aromatic rings. The van der Waals surface area contributed by atoms with Gasteiger partial charge in [0.25, 0.3) is 0 Å². The summed E-state index contributed by atoms with van der Waals surface area (Å²) in [6.45, 7) is 3.60. The second kappa shape index (κ2) is 11.9. The van der Waals surface area contributed by atoms with E-state index >= 15 is 0 Å². The van der Waals surface area contributed by atoms with Crippen molar-refractivity contribution >= 4 is 12.1 Å². The maximum Gasteiger partial charge on any atom is 0.407 e. The van der Waals surface area contributed by atoms with Gasteiger partial charge in [0.15, 0.2) is 12.2 Å². The van der Waals surface area contributed by atoms with Gasteiger partial charge in [0.2, 0.25) is 0 Å². The van der Waals surface area contributed by atoms with Crippen molar-refractivity contribution in [3.63, 3.8) is 0 Å². The number of alkyl carbamates (subject to hydrolysis) is 1. The molecule has 4 rings (SSSR count). The maximum atomic E-state index is 12.4. The van der Waals surface area contributed by atoms with Crippen LogP contribution in [-0.4, -0.2) is 34.1 Å². The van der Waals surface area contributed by atoms with E-state index in [-0.39, 0.29) is 11.9 Å². The fourth-order valence-electron chi connectivity index (χ4n) is 3.61. The van der Waals surface area contributed by atoms with Gasteiger partial charge >= 0.3 is 12.1 Å². The molecule has 0 radical (unpaired) electrons. The summed E-state index contributed by atoms with van der Waals surface area (Å²) in [5.74, 6) is -0.543. The Labute approximate surface area is 215 Å². The molecule has 188 valence electrons. The summed E-state index contributed by atoms with van der Waals surface area (Å²) in [4.78, 5) is 37.8. The van der Waals surface area contributed by atoms with Gasteiger partial charge in [-0.15, -0.1) is 0 Å². The fraction of sp³-hybridized carbons (Fsp3) is 0.207. The van der Waals surface area contributed by atoms with Gasteiger partial charge in [0, 0.05) is 36.8 Å². The number of hydrogen-bond donors (Lipinski definition) is 1. The van der Waals surface area contributed by atoms with Gasteiger partial charge in [-0.25, -0.2) is 4.79 Å². The first kappa shape index (κ1) is 25.5. The first-order chi connectivity index (χ1) is 18.0. The van der Waals surface area contributed by atoms with E-state index in [9.17, 15) is 9.59 Å². The van der Waals surface area contributed by atoms with E-state index in [4.69, 9.17) is 9.47 Å². The fourth-order valence-corrected chi connectivity index (χ4v) is 3.61. The predicted octanol–water partition coefficient (Wildman–Crippen LogP) is 5.27. The molecular formula is C29H28N4O4. The highest BCUT2D eigenvalue weighted by Crippen LogP contribution is 2.29. The van der Waals surface area contributed by atoms with Crippen LogP contribution >= 0.6 is 0 Å². The summed E-state index contributed by atoms with van der Waals surface area (Å²) < 4.78 is 11.3. The molecule has 0 aliphatic rings. The average molecular weight is 497 g/mol. The minimum absolute atomic E-state index is 0.252. The molecule has 0 bridgehead atoms. The van der Waals surface area contributed by atoms with Gasteiger partial charge in [-0.05, 0) is 29.8 Å². The van der Waals surface area contributed by atoms with E-state index in [1.807, 2.05) is 54.6 Å². The third kappa shape index (κ3) is 6.35. The molecule has 8 nitrogen and oxygen atoms in total. The van der Waals surface area contributed by atoms with Gasteiger partial charge in [0.1, 0.15) is 0 Å². The molecular weight excluding hydrogens is 468 g/mol. The molecule has 2 unspecified atom stereocenters. The number of aromatic nitrogens is 3. The highest BCUT2D eigenvalue weighted by Gasteiger charge is 2.23. The normalized spacial score (nSPS) is 12.4. The molecule has 0 fully saturated rings. The second-order valence-corrected chi connectivity index (χ2v) is 8.62. The van der Waals surface area contributed by atoms with Crippen molar-refractivity contribution in [1.82, 2.24) is 20.3 Å². The summed E-state index contributed by atoms with van der Waals surface area (Å²) in [7, 11) is 1.50. The number of nitrogens with zero attached hydrogens (tertiary/aromatic N) is 3. The van der Waals surface area contributed by atoms with Crippen LogP contribution in [0.2, 0.25) is 0 Å². The molecule has 2 atom stereocenters. The van der Waals surface area contributed by atoms with Crippen molar-refractivity contribution in [3.8, 4) is 11.1 Å². The van der Waals surface area contributed by atoms with Crippen LogP contribution in [0.5, 0.6) is 0 Å². The van der Waals surface area contributed by atoms with Gasteiger partial charge in [-0.1, -0.05) is 62.4 Å². The number of amides is 1. The lowest BCUT2D eigenvalue weighted by Gasteiger charge is -2.19. The van der Waals surface area contributed by atoms with Gasteiger partial charge in [0.05, 0.1) is 23.0 Å². The molecule has 8 heteroatoms. The number of ether oxygens (including phenoxy) is 2. The monoisotopic (exact) mass is 496 g/mol. The topological polar surface area (TPSA) is 103 Å². The number of esters is 1. The number of carbonyl (C=O) groups excluding carboxylic acids is 2. The lowest BCUT2D eigenvalue weighted by atomic mass is 10.0. The third-order valence-corrected chi connectivity index (χ3v) is 5.64. The molecule has 0 aliphatic heterocycles. The smallest absolute Gasteiger partial charge is 0.407 e. The number of hydrogen-bond acceptors (Lipinski definition) is 7. The zero-order chi connectivity index (χ0) is 26.2. The minimum Gasteiger partial charge on any atom is -0.451 e. The van der Waals surface area contributed by atoms with Crippen LogP contribution < -0.4 is 5.32 Å². The van der Waals surface area contributed by atoms with Crippen molar-refractivity contribution in [2.45, 2.75) is 26.1 Å². The van der Waals surface area contributed by atoms with Crippen LogP contribution in [0.3, 0.4) is 0 Å². The van der Waals surface area contributed by atoms with Crippen LogP contribution in [-0.2, 0) is 14.3 Å². The number of benzene rings is 1. The Kier molecular flexibility index (Phi) is 8.20. The van der Waals surface area contributed by atoms with Crippen LogP contribution in [0.4, 0.5) is 4.79 Å². The number of rotatable bonds is 8. The molecule has 3 heterocycles. The molecule has 0 saturated carbocycles. The van der Waals surface area contributed by atoms with Crippen LogP contribution in [0, 0.1) is 5.92 Å². The lowest BCUT2D eigenvalue weighted by Crippen LogP contribution is -2.23. The van der Waals surface area contributed by atoms with Crippen molar-refractivity contribution < 1.29 is 19.1 Å². The summed E-state index contributed by atoms with van der Waals surface area (Å²) in [6.07, 6.45) is 3.13. The summed E-state index contributed by atoms with van der Waals surface area (Å²) >= 11 is 0. The Bertz CT molecular complexity index is 1310. The molecule has 0 saturated heterocycles. The standard InChI is InChI=1S/C29H28N4O4/c1-19(2)28(34)36-26(20-9-5-4-6-10-20)24-14-12-21(17-32-24)22-13-15-25(33-18-22)27(37-29(35)30-3)23-11-7-8-16-31-23/h4-19,26-27H,1-3H3,(H,30,35). The van der Waals surface area contributed by atoms with Gasteiger partial charge < -0.3 is 14.8 Å².